The van der Waals surface area contributed by atoms with Gasteiger partial charge in [-0.25, -0.2) is 18.4 Å². The molecule has 4 aromatic rings. The van der Waals surface area contributed by atoms with Crippen LogP contribution in [0.3, 0.4) is 0 Å². The first-order chi connectivity index (χ1) is 16.9. The molecular weight excluding hydrogens is 464 g/mol. The zero-order valence-electron chi connectivity index (χ0n) is 19.5. The van der Waals surface area contributed by atoms with Gasteiger partial charge in [0.15, 0.2) is 5.69 Å². The number of sulfone groups is 1. The summed E-state index contributed by atoms with van der Waals surface area (Å²) in [5.41, 5.74) is 3.06. The van der Waals surface area contributed by atoms with Crippen LogP contribution in [0.4, 0.5) is 11.4 Å². The topological polar surface area (TPSA) is 105 Å². The summed E-state index contributed by atoms with van der Waals surface area (Å²) in [4.78, 5) is 23.6. The molecule has 1 N–H and O–H groups in total. The number of aromatic nitrogens is 2. The Morgan fingerprint density at radius 3 is 2.40 bits per heavy atom. The molecule has 180 valence electrons. The van der Waals surface area contributed by atoms with Gasteiger partial charge in [0, 0.05) is 12.2 Å². The standard InChI is InChI=1S/C26H26N4O4S/c1-3-35(32,33)26-27-16-23(24(29-26)25(31)28-21-8-5-4-6-9-21)30(18-22-10-7-15-34-22)17-20-13-11-19(2)12-14-20/h4-16H,3,17-18H2,1-2H3,(H,28,31). The quantitative estimate of drug-likeness (QED) is 0.341. The number of para-hydroxylation sites is 1. The molecule has 0 fully saturated rings. The van der Waals surface area contributed by atoms with Gasteiger partial charge in [-0.2, -0.15) is 0 Å². The molecule has 1 amide bonds. The summed E-state index contributed by atoms with van der Waals surface area (Å²) in [7, 11) is -3.72. The van der Waals surface area contributed by atoms with E-state index >= 15 is 0 Å². The summed E-state index contributed by atoms with van der Waals surface area (Å²) in [6, 6.07) is 20.6. The summed E-state index contributed by atoms with van der Waals surface area (Å²) in [6.07, 6.45) is 2.97. The van der Waals surface area contributed by atoms with Gasteiger partial charge in [-0.05, 0) is 36.8 Å². The first-order valence-electron chi connectivity index (χ1n) is 11.1. The minimum Gasteiger partial charge on any atom is -0.467 e. The molecule has 0 aliphatic rings. The highest BCUT2D eigenvalue weighted by Gasteiger charge is 2.25. The summed E-state index contributed by atoms with van der Waals surface area (Å²) in [5, 5.41) is 2.43. The number of anilines is 2. The number of hydrogen-bond donors (Lipinski definition) is 1. The van der Waals surface area contributed by atoms with Crippen LogP contribution < -0.4 is 10.2 Å². The highest BCUT2D eigenvalue weighted by Crippen LogP contribution is 2.25. The number of nitrogens with zero attached hydrogens (tertiary/aromatic N) is 3. The minimum atomic E-state index is -3.72. The first kappa shape index (κ1) is 24.2. The number of carbonyl (C=O) groups is 1. The van der Waals surface area contributed by atoms with Crippen molar-refractivity contribution in [3.63, 3.8) is 0 Å². The Kier molecular flexibility index (Phi) is 7.26. The number of furan rings is 1. The van der Waals surface area contributed by atoms with Crippen molar-refractivity contribution in [3.05, 3.63) is 102 Å². The van der Waals surface area contributed by atoms with E-state index in [2.05, 4.69) is 15.3 Å². The van der Waals surface area contributed by atoms with Crippen molar-refractivity contribution in [1.82, 2.24) is 9.97 Å². The van der Waals surface area contributed by atoms with Gasteiger partial charge in [-0.1, -0.05) is 55.0 Å². The monoisotopic (exact) mass is 490 g/mol. The zero-order valence-corrected chi connectivity index (χ0v) is 20.3. The van der Waals surface area contributed by atoms with Gasteiger partial charge in [0.25, 0.3) is 5.91 Å². The van der Waals surface area contributed by atoms with Crippen LogP contribution in [-0.4, -0.2) is 30.0 Å². The summed E-state index contributed by atoms with van der Waals surface area (Å²) < 4.78 is 30.6. The average Bonchev–Trinajstić information content (AvgIpc) is 3.38. The molecule has 35 heavy (non-hydrogen) atoms. The lowest BCUT2D eigenvalue weighted by Gasteiger charge is -2.25. The molecule has 0 saturated heterocycles. The molecule has 0 bridgehead atoms. The van der Waals surface area contributed by atoms with Gasteiger partial charge >= 0.3 is 0 Å². The van der Waals surface area contributed by atoms with Gasteiger partial charge in [0.05, 0.1) is 30.4 Å². The number of nitrogens with one attached hydrogen (secondary N) is 1. The predicted molar refractivity (Wildman–Crippen MR) is 134 cm³/mol. The van der Waals surface area contributed by atoms with Crippen molar-refractivity contribution in [2.24, 2.45) is 0 Å². The Labute approximate surface area is 204 Å². The largest absolute Gasteiger partial charge is 0.467 e. The van der Waals surface area contributed by atoms with Gasteiger partial charge in [-0.3, -0.25) is 4.79 Å². The minimum absolute atomic E-state index is 0.0328. The second kappa shape index (κ2) is 10.5. The lowest BCUT2D eigenvalue weighted by Crippen LogP contribution is -2.27. The molecule has 0 atom stereocenters. The Morgan fingerprint density at radius 1 is 1.00 bits per heavy atom. The number of rotatable bonds is 9. The molecule has 0 unspecified atom stereocenters. The van der Waals surface area contributed by atoms with Crippen LogP contribution >= 0.6 is 0 Å². The van der Waals surface area contributed by atoms with Crippen LogP contribution in [0.25, 0.3) is 0 Å². The van der Waals surface area contributed by atoms with Crippen LogP contribution in [0.2, 0.25) is 0 Å². The van der Waals surface area contributed by atoms with Crippen LogP contribution in [-0.2, 0) is 22.9 Å². The van der Waals surface area contributed by atoms with Crippen LogP contribution in [0.1, 0.15) is 34.3 Å². The number of aryl methyl sites for hydroxylation is 1. The normalized spacial score (nSPS) is 11.3. The molecular formula is C26H26N4O4S. The molecule has 0 aliphatic carbocycles. The molecule has 9 heteroatoms. The average molecular weight is 491 g/mol. The maximum absolute atomic E-state index is 13.4. The molecule has 2 aromatic heterocycles. The van der Waals surface area contributed by atoms with Crippen molar-refractivity contribution in [1.29, 1.82) is 0 Å². The maximum Gasteiger partial charge on any atom is 0.276 e. The van der Waals surface area contributed by atoms with Crippen molar-refractivity contribution >= 4 is 27.1 Å². The molecule has 8 nitrogen and oxygen atoms in total. The number of benzene rings is 2. The Balaban J connectivity index is 1.79. The number of carbonyl (C=O) groups excluding carboxylic acids is 1. The second-order valence-electron chi connectivity index (χ2n) is 8.03. The van der Waals surface area contributed by atoms with Gasteiger partial charge in [-0.15, -0.1) is 0 Å². The Hall–Kier alpha value is -3.98. The molecule has 0 saturated carbocycles. The summed E-state index contributed by atoms with van der Waals surface area (Å²) >= 11 is 0. The van der Waals surface area contributed by atoms with Crippen molar-refractivity contribution < 1.29 is 17.6 Å². The molecule has 4 rings (SSSR count). The van der Waals surface area contributed by atoms with E-state index in [1.807, 2.05) is 48.2 Å². The van der Waals surface area contributed by atoms with E-state index in [1.54, 1.807) is 36.6 Å². The van der Waals surface area contributed by atoms with E-state index in [1.165, 1.54) is 13.1 Å². The van der Waals surface area contributed by atoms with Gasteiger partial charge in [0.2, 0.25) is 15.0 Å². The van der Waals surface area contributed by atoms with Crippen LogP contribution in [0.5, 0.6) is 0 Å². The van der Waals surface area contributed by atoms with Crippen molar-refractivity contribution in [2.75, 3.05) is 16.0 Å². The summed E-state index contributed by atoms with van der Waals surface area (Å²) in [5.74, 6) is -0.0303. The third kappa shape index (κ3) is 5.93. The van der Waals surface area contributed by atoms with Crippen LogP contribution in [0, 0.1) is 6.92 Å². The molecule has 0 spiro atoms. The first-order valence-corrected chi connectivity index (χ1v) is 12.8. The Bertz CT molecular complexity index is 1390. The fourth-order valence-electron chi connectivity index (χ4n) is 3.48. The molecule has 2 heterocycles. The number of hydrogen-bond acceptors (Lipinski definition) is 7. The number of amides is 1. The molecule has 0 aliphatic heterocycles. The smallest absolute Gasteiger partial charge is 0.276 e. The highest BCUT2D eigenvalue weighted by atomic mass is 32.2. The van der Waals surface area contributed by atoms with E-state index in [4.69, 9.17) is 4.42 Å². The lowest BCUT2D eigenvalue weighted by molar-refractivity contribution is 0.102. The fraction of sp³-hybridized carbons (Fsp3) is 0.192. The van der Waals surface area contributed by atoms with E-state index in [0.29, 0.717) is 30.2 Å². The summed E-state index contributed by atoms with van der Waals surface area (Å²) in [6.45, 7) is 4.28. The van der Waals surface area contributed by atoms with Crippen molar-refractivity contribution in [3.8, 4) is 0 Å². The fourth-order valence-corrected chi connectivity index (χ4v) is 4.18. The predicted octanol–water partition coefficient (Wildman–Crippen LogP) is 4.63. The van der Waals surface area contributed by atoms with E-state index in [0.717, 1.165) is 11.1 Å². The zero-order chi connectivity index (χ0) is 24.8. The third-order valence-corrected chi connectivity index (χ3v) is 6.93. The highest BCUT2D eigenvalue weighted by molar-refractivity contribution is 7.91. The lowest BCUT2D eigenvalue weighted by atomic mass is 10.1. The SMILES string of the molecule is CCS(=O)(=O)c1ncc(N(Cc2ccc(C)cc2)Cc2ccco2)c(C(=O)Nc2ccccc2)n1. The molecule has 0 radical (unpaired) electrons. The van der Waals surface area contributed by atoms with E-state index in [-0.39, 0.29) is 16.6 Å². The van der Waals surface area contributed by atoms with Crippen molar-refractivity contribution in [2.45, 2.75) is 32.1 Å². The maximum atomic E-state index is 13.4. The van der Waals surface area contributed by atoms with E-state index < -0.39 is 15.7 Å². The Morgan fingerprint density at radius 2 is 1.74 bits per heavy atom. The van der Waals surface area contributed by atoms with Gasteiger partial charge < -0.3 is 14.6 Å². The molecule has 2 aromatic carbocycles. The van der Waals surface area contributed by atoms with Crippen LogP contribution in [0.15, 0.2) is 88.8 Å². The second-order valence-corrected chi connectivity index (χ2v) is 10.2. The van der Waals surface area contributed by atoms with E-state index in [9.17, 15) is 13.2 Å². The van der Waals surface area contributed by atoms with Gasteiger partial charge in [0.1, 0.15) is 5.76 Å². The third-order valence-electron chi connectivity index (χ3n) is 5.41.